The van der Waals surface area contributed by atoms with Crippen molar-refractivity contribution in [1.82, 2.24) is 25.0 Å². The van der Waals surface area contributed by atoms with Gasteiger partial charge in [0.15, 0.2) is 5.65 Å². The van der Waals surface area contributed by atoms with Gasteiger partial charge in [-0.15, -0.1) is 24.8 Å². The van der Waals surface area contributed by atoms with Crippen LogP contribution in [-0.4, -0.2) is 50.7 Å². The minimum Gasteiger partial charge on any atom is -0.339 e. The maximum absolute atomic E-state index is 13.3. The Bertz CT molecular complexity index is 810. The number of hydrogen-bond acceptors (Lipinski definition) is 4. The van der Waals surface area contributed by atoms with E-state index in [4.69, 9.17) is 0 Å². The maximum Gasteiger partial charge on any atom is 0.254 e. The second kappa shape index (κ2) is 8.33. The number of carbonyl (C=O) groups is 1. The highest BCUT2D eigenvalue weighted by Crippen LogP contribution is 2.30. The van der Waals surface area contributed by atoms with Crippen LogP contribution >= 0.6 is 24.8 Å². The van der Waals surface area contributed by atoms with Crippen molar-refractivity contribution in [2.24, 2.45) is 0 Å². The number of nitrogens with one attached hydrogen (secondary N) is 1. The SMILES string of the molecule is Cc1cc(C(=O)N(C)C2CC3CCC(C2)N3)c2cnn(C(C)C)c2n1.Cl.Cl. The molecular formula is C19H29Cl2N5O. The normalized spacial score (nSPS) is 23.8. The lowest BCUT2D eigenvalue weighted by Gasteiger charge is -2.35. The highest BCUT2D eigenvalue weighted by molar-refractivity contribution is 6.05. The second-order valence-corrected chi connectivity index (χ2v) is 7.91. The average Bonchev–Trinajstić information content (AvgIpc) is 3.15. The molecule has 2 fully saturated rings. The topological polar surface area (TPSA) is 63.1 Å². The fourth-order valence-corrected chi connectivity index (χ4v) is 4.40. The third-order valence-corrected chi connectivity index (χ3v) is 5.73. The zero-order chi connectivity index (χ0) is 17.7. The number of aromatic nitrogens is 3. The summed E-state index contributed by atoms with van der Waals surface area (Å²) in [5, 5.41) is 8.96. The number of aryl methyl sites for hydroxylation is 1. The van der Waals surface area contributed by atoms with Gasteiger partial charge in [0.25, 0.3) is 5.91 Å². The van der Waals surface area contributed by atoms with Crippen molar-refractivity contribution < 1.29 is 4.79 Å². The number of carbonyl (C=O) groups excluding carboxylic acids is 1. The number of nitrogens with zero attached hydrogens (tertiary/aromatic N) is 4. The number of rotatable bonds is 3. The molecule has 0 spiro atoms. The van der Waals surface area contributed by atoms with Crippen LogP contribution in [0.15, 0.2) is 12.3 Å². The highest BCUT2D eigenvalue weighted by Gasteiger charge is 2.37. The van der Waals surface area contributed by atoms with Gasteiger partial charge in [0.1, 0.15) is 0 Å². The molecular weight excluding hydrogens is 385 g/mol. The van der Waals surface area contributed by atoms with E-state index in [-0.39, 0.29) is 36.8 Å². The predicted molar refractivity (Wildman–Crippen MR) is 112 cm³/mol. The zero-order valence-corrected chi connectivity index (χ0v) is 17.9. The molecule has 1 N–H and O–H groups in total. The van der Waals surface area contributed by atoms with Crippen LogP contribution in [0, 0.1) is 6.92 Å². The van der Waals surface area contributed by atoms with Crippen molar-refractivity contribution in [2.75, 3.05) is 7.05 Å². The molecule has 2 aliphatic rings. The molecule has 1 amide bonds. The van der Waals surface area contributed by atoms with Crippen molar-refractivity contribution in [3.05, 3.63) is 23.5 Å². The molecule has 0 saturated carbocycles. The largest absolute Gasteiger partial charge is 0.339 e. The van der Waals surface area contributed by atoms with E-state index in [0.29, 0.717) is 18.1 Å². The van der Waals surface area contributed by atoms with Gasteiger partial charge in [0.2, 0.25) is 0 Å². The van der Waals surface area contributed by atoms with Crippen molar-refractivity contribution in [3.63, 3.8) is 0 Å². The summed E-state index contributed by atoms with van der Waals surface area (Å²) >= 11 is 0. The van der Waals surface area contributed by atoms with E-state index in [0.717, 1.165) is 35.1 Å². The van der Waals surface area contributed by atoms with Crippen LogP contribution in [0.5, 0.6) is 0 Å². The lowest BCUT2D eigenvalue weighted by Crippen LogP contribution is -2.48. The van der Waals surface area contributed by atoms with E-state index in [9.17, 15) is 4.79 Å². The number of hydrogen-bond donors (Lipinski definition) is 1. The number of fused-ring (bicyclic) bond motifs is 3. The molecule has 2 bridgehead atoms. The van der Waals surface area contributed by atoms with Gasteiger partial charge in [0, 0.05) is 36.9 Å². The van der Waals surface area contributed by atoms with Gasteiger partial charge in [-0.1, -0.05) is 0 Å². The van der Waals surface area contributed by atoms with Gasteiger partial charge in [-0.3, -0.25) is 4.79 Å². The Kier molecular flexibility index (Phi) is 6.77. The van der Waals surface area contributed by atoms with Gasteiger partial charge < -0.3 is 10.2 Å². The van der Waals surface area contributed by atoms with Crippen LogP contribution in [0.2, 0.25) is 0 Å². The Balaban J connectivity index is 0.00000131. The number of amides is 1. The van der Waals surface area contributed by atoms with Crippen LogP contribution in [-0.2, 0) is 0 Å². The smallest absolute Gasteiger partial charge is 0.254 e. The molecule has 2 aromatic rings. The summed E-state index contributed by atoms with van der Waals surface area (Å²) in [6, 6.07) is 3.58. The Morgan fingerprint density at radius 2 is 1.89 bits per heavy atom. The predicted octanol–water partition coefficient (Wildman–Crippen LogP) is 3.52. The Morgan fingerprint density at radius 3 is 2.48 bits per heavy atom. The van der Waals surface area contributed by atoms with Crippen LogP contribution in [0.3, 0.4) is 0 Å². The minimum absolute atomic E-state index is 0. The van der Waals surface area contributed by atoms with E-state index in [2.05, 4.69) is 29.2 Å². The van der Waals surface area contributed by atoms with Crippen LogP contribution in [0.4, 0.5) is 0 Å². The average molecular weight is 414 g/mol. The first-order valence-electron chi connectivity index (χ1n) is 9.32. The molecule has 2 saturated heterocycles. The van der Waals surface area contributed by atoms with E-state index >= 15 is 0 Å². The first-order valence-corrected chi connectivity index (χ1v) is 9.32. The third-order valence-electron chi connectivity index (χ3n) is 5.73. The lowest BCUT2D eigenvalue weighted by atomic mass is 9.97. The summed E-state index contributed by atoms with van der Waals surface area (Å²) < 4.78 is 1.89. The van der Waals surface area contributed by atoms with Crippen molar-refractivity contribution >= 4 is 41.8 Å². The maximum atomic E-state index is 13.3. The van der Waals surface area contributed by atoms with Gasteiger partial charge in [-0.05, 0) is 52.5 Å². The fourth-order valence-electron chi connectivity index (χ4n) is 4.40. The van der Waals surface area contributed by atoms with Crippen LogP contribution in [0.1, 0.15) is 61.6 Å². The third kappa shape index (κ3) is 3.93. The first kappa shape index (κ1) is 21.9. The molecule has 150 valence electrons. The summed E-state index contributed by atoms with van der Waals surface area (Å²) in [5.74, 6) is 0.0881. The first-order chi connectivity index (χ1) is 11.9. The molecule has 4 rings (SSSR count). The van der Waals surface area contributed by atoms with Gasteiger partial charge in [-0.25, -0.2) is 9.67 Å². The summed E-state index contributed by atoms with van der Waals surface area (Å²) in [5.41, 5.74) is 2.39. The molecule has 2 atom stereocenters. The van der Waals surface area contributed by atoms with Crippen LogP contribution in [0.25, 0.3) is 11.0 Å². The molecule has 0 aromatic carbocycles. The second-order valence-electron chi connectivity index (χ2n) is 7.91. The fraction of sp³-hybridized carbons (Fsp3) is 0.632. The molecule has 2 unspecified atom stereocenters. The zero-order valence-electron chi connectivity index (χ0n) is 16.3. The van der Waals surface area contributed by atoms with E-state index < -0.39 is 0 Å². The summed E-state index contributed by atoms with van der Waals surface area (Å²) in [6.07, 6.45) is 6.37. The molecule has 27 heavy (non-hydrogen) atoms. The lowest BCUT2D eigenvalue weighted by molar-refractivity contribution is 0.0683. The summed E-state index contributed by atoms with van der Waals surface area (Å²) in [7, 11) is 1.95. The monoisotopic (exact) mass is 413 g/mol. The van der Waals surface area contributed by atoms with Gasteiger partial charge >= 0.3 is 0 Å². The quantitative estimate of drug-likeness (QED) is 0.835. The summed E-state index contributed by atoms with van der Waals surface area (Å²) in [6.45, 7) is 6.10. The van der Waals surface area contributed by atoms with E-state index in [1.54, 1.807) is 6.20 Å². The Morgan fingerprint density at radius 1 is 1.26 bits per heavy atom. The number of piperidine rings is 1. The minimum atomic E-state index is 0. The van der Waals surface area contributed by atoms with Gasteiger partial charge in [0.05, 0.1) is 17.1 Å². The molecule has 2 aromatic heterocycles. The van der Waals surface area contributed by atoms with Crippen molar-refractivity contribution in [3.8, 4) is 0 Å². The Labute approximate surface area is 172 Å². The molecule has 2 aliphatic heterocycles. The summed E-state index contributed by atoms with van der Waals surface area (Å²) in [4.78, 5) is 19.8. The highest BCUT2D eigenvalue weighted by atomic mass is 35.5. The molecule has 0 aliphatic carbocycles. The molecule has 8 heteroatoms. The van der Waals surface area contributed by atoms with Crippen LogP contribution < -0.4 is 5.32 Å². The standard InChI is InChI=1S/C19H27N5O.2ClH/c1-11(2)24-18-17(10-20-24)16(7-12(3)21-18)19(25)23(4)15-8-13-5-6-14(9-15)22-13;;/h7,10-11,13-15,22H,5-6,8-9H2,1-4H3;2*1H. The molecule has 0 radical (unpaired) electrons. The molecule has 4 heterocycles. The van der Waals surface area contributed by atoms with Gasteiger partial charge in [-0.2, -0.15) is 5.10 Å². The van der Waals surface area contributed by atoms with E-state index in [1.165, 1.54) is 12.8 Å². The van der Waals surface area contributed by atoms with Crippen molar-refractivity contribution in [1.29, 1.82) is 0 Å². The molecule has 6 nitrogen and oxygen atoms in total. The Hall–Kier alpha value is -1.37. The number of pyridine rings is 1. The number of halogens is 2. The van der Waals surface area contributed by atoms with Crippen molar-refractivity contribution in [2.45, 2.75) is 70.6 Å². The van der Waals surface area contributed by atoms with E-state index in [1.807, 2.05) is 29.6 Å².